The zero-order valence-corrected chi connectivity index (χ0v) is 21.6. The molecule has 0 atom stereocenters. The summed E-state index contributed by atoms with van der Waals surface area (Å²) >= 11 is 3.34. The highest BCUT2D eigenvalue weighted by atomic mass is 79.9. The number of nitrogens with two attached hydrogens (primary N) is 1. The molecule has 5 rings (SSSR count). The van der Waals surface area contributed by atoms with Gasteiger partial charge in [-0.3, -0.25) is 4.79 Å². The molecule has 3 aromatic carbocycles. The van der Waals surface area contributed by atoms with Crippen molar-refractivity contribution in [2.24, 2.45) is 0 Å². The Morgan fingerprint density at radius 2 is 1.92 bits per heavy atom. The van der Waals surface area contributed by atoms with Crippen molar-refractivity contribution >= 4 is 33.6 Å². The minimum atomic E-state index is -2.60. The Morgan fingerprint density at radius 1 is 1.13 bits per heavy atom. The smallest absolute Gasteiger partial charge is 0.272 e. The lowest BCUT2D eigenvalue weighted by Gasteiger charge is -2.12. The Labute approximate surface area is 224 Å². The number of fused-ring (bicyclic) bond motifs is 1. The molecule has 0 fully saturated rings. The molecule has 0 aliphatic heterocycles. The summed E-state index contributed by atoms with van der Waals surface area (Å²) in [6.07, 6.45) is 0.873. The molecular weight excluding hydrogens is 563 g/mol. The van der Waals surface area contributed by atoms with Crippen molar-refractivity contribution in [3.63, 3.8) is 0 Å². The molecule has 1 heterocycles. The number of Topliss-reactive ketones (excluding diaryl/α,β-unsaturated/α-hetero) is 1. The maximum absolute atomic E-state index is 14.0. The van der Waals surface area contributed by atoms with Crippen LogP contribution in [0.2, 0.25) is 0 Å². The first kappa shape index (κ1) is 25.6. The van der Waals surface area contributed by atoms with Crippen LogP contribution in [-0.2, 0) is 6.42 Å². The number of allylic oxidation sites excluding steroid dienone is 1. The molecule has 0 radical (unpaired) electrons. The van der Waals surface area contributed by atoms with Gasteiger partial charge in [0.15, 0.2) is 17.3 Å². The van der Waals surface area contributed by atoms with Gasteiger partial charge in [-0.05, 0) is 88.1 Å². The first-order valence-electron chi connectivity index (χ1n) is 11.6. The van der Waals surface area contributed by atoms with Crippen LogP contribution in [0.5, 0.6) is 17.2 Å². The van der Waals surface area contributed by atoms with Gasteiger partial charge >= 0.3 is 0 Å². The van der Waals surface area contributed by atoms with Gasteiger partial charge in [-0.25, -0.2) is 17.9 Å². The number of benzene rings is 3. The summed E-state index contributed by atoms with van der Waals surface area (Å²) in [6, 6.07) is 14.7. The fourth-order valence-corrected chi connectivity index (χ4v) is 4.69. The van der Waals surface area contributed by atoms with Crippen LogP contribution in [0.3, 0.4) is 0 Å². The monoisotopic (exact) mass is 583 g/mol. The number of hydrogen-bond acceptors (Lipinski definition) is 5. The zero-order chi connectivity index (χ0) is 27.0. The van der Waals surface area contributed by atoms with E-state index < -0.39 is 18.8 Å². The minimum absolute atomic E-state index is 0.111. The summed E-state index contributed by atoms with van der Waals surface area (Å²) < 4.78 is 51.9. The molecule has 0 saturated carbocycles. The number of anilines is 1. The summed E-state index contributed by atoms with van der Waals surface area (Å²) in [5.74, 6) is 0.268. The average molecular weight is 584 g/mol. The van der Waals surface area contributed by atoms with E-state index in [1.54, 1.807) is 48.5 Å². The first-order valence-corrected chi connectivity index (χ1v) is 12.4. The molecule has 0 bridgehead atoms. The van der Waals surface area contributed by atoms with Crippen LogP contribution in [0.1, 0.15) is 27.0 Å². The van der Waals surface area contributed by atoms with Crippen molar-refractivity contribution in [2.45, 2.75) is 19.8 Å². The van der Waals surface area contributed by atoms with Crippen molar-refractivity contribution in [3.8, 4) is 22.9 Å². The van der Waals surface area contributed by atoms with Gasteiger partial charge in [-0.1, -0.05) is 12.1 Å². The summed E-state index contributed by atoms with van der Waals surface area (Å²) in [7, 11) is 0. The van der Waals surface area contributed by atoms with Crippen LogP contribution >= 0.6 is 15.9 Å². The number of carbonyl (C=O) groups excluding carboxylic acids is 1. The highest BCUT2D eigenvalue weighted by molar-refractivity contribution is 9.10. The van der Waals surface area contributed by atoms with Gasteiger partial charge < -0.3 is 15.2 Å². The second kappa shape index (κ2) is 10.4. The Bertz CT molecular complexity index is 1580. The molecule has 1 aliphatic rings. The third-order valence-electron chi connectivity index (χ3n) is 6.07. The third kappa shape index (κ3) is 5.04. The summed E-state index contributed by atoms with van der Waals surface area (Å²) in [6.45, 7) is 1.09. The van der Waals surface area contributed by atoms with Gasteiger partial charge in [-0.15, -0.1) is 0 Å². The van der Waals surface area contributed by atoms with Crippen LogP contribution in [-0.4, -0.2) is 28.6 Å². The first-order chi connectivity index (χ1) is 18.2. The van der Waals surface area contributed by atoms with E-state index in [9.17, 15) is 18.0 Å². The lowest BCUT2D eigenvalue weighted by atomic mass is 10.0. The van der Waals surface area contributed by atoms with Gasteiger partial charge in [0.25, 0.3) is 6.43 Å². The van der Waals surface area contributed by atoms with Crippen LogP contribution in [0.25, 0.3) is 11.8 Å². The number of rotatable bonds is 8. The molecule has 0 unspecified atom stereocenters. The number of nitrogen functional groups attached to an aromatic ring is 1. The number of aromatic nitrogens is 2. The normalized spacial score (nSPS) is 12.4. The van der Waals surface area contributed by atoms with Crippen LogP contribution in [0.15, 0.2) is 70.8 Å². The standard InChI is InChI=1S/C28H21BrF3N3O3/c1-15-8-19(6-7-23(15)38-24-5-3-2-4-22(24)30)35-28(33)20(13-34-35)27(36)18-9-16-11-21(29)25(12-17(16)10-18)37-14-26(31)32/h2-8,10-13,26H,9,14,33H2,1H3. The predicted molar refractivity (Wildman–Crippen MR) is 141 cm³/mol. The van der Waals surface area contributed by atoms with E-state index in [0.29, 0.717) is 33.5 Å². The maximum Gasteiger partial charge on any atom is 0.272 e. The number of nitrogens with zero attached hydrogens (tertiary/aromatic N) is 2. The number of para-hydroxylation sites is 1. The molecule has 1 aliphatic carbocycles. The average Bonchev–Trinajstić information content (AvgIpc) is 3.47. The van der Waals surface area contributed by atoms with E-state index in [1.807, 2.05) is 6.92 Å². The molecule has 10 heteroatoms. The Kier molecular flexibility index (Phi) is 6.98. The molecule has 6 nitrogen and oxygen atoms in total. The third-order valence-corrected chi connectivity index (χ3v) is 6.69. The SMILES string of the molecule is Cc1cc(-n2ncc(C(=O)C3=Cc4cc(OCC(F)F)c(Br)cc4C3)c2N)ccc1Oc1ccccc1F. The van der Waals surface area contributed by atoms with Crippen molar-refractivity contribution in [1.29, 1.82) is 0 Å². The molecule has 194 valence electrons. The lowest BCUT2D eigenvalue weighted by molar-refractivity contribution is 0.0815. The second-order valence-electron chi connectivity index (χ2n) is 8.70. The number of ether oxygens (including phenoxy) is 2. The predicted octanol–water partition coefficient (Wildman–Crippen LogP) is 6.92. The molecular formula is C28H21BrF3N3O3. The maximum atomic E-state index is 14.0. The van der Waals surface area contributed by atoms with E-state index in [-0.39, 0.29) is 28.7 Å². The molecule has 1 aromatic heterocycles. The fourth-order valence-electron chi connectivity index (χ4n) is 4.19. The van der Waals surface area contributed by atoms with Crippen LogP contribution in [0.4, 0.5) is 19.0 Å². The number of alkyl halides is 2. The van der Waals surface area contributed by atoms with Crippen molar-refractivity contribution in [3.05, 3.63) is 98.9 Å². The largest absolute Gasteiger partial charge is 0.486 e. The lowest BCUT2D eigenvalue weighted by Crippen LogP contribution is -2.08. The summed E-state index contributed by atoms with van der Waals surface area (Å²) in [4.78, 5) is 13.3. The topological polar surface area (TPSA) is 79.4 Å². The van der Waals surface area contributed by atoms with Crippen molar-refractivity contribution < 1.29 is 27.4 Å². The van der Waals surface area contributed by atoms with Gasteiger partial charge in [0, 0.05) is 12.0 Å². The van der Waals surface area contributed by atoms with Gasteiger partial charge in [-0.2, -0.15) is 5.10 Å². The Balaban J connectivity index is 1.36. The van der Waals surface area contributed by atoms with E-state index in [2.05, 4.69) is 21.0 Å². The van der Waals surface area contributed by atoms with E-state index >= 15 is 0 Å². The van der Waals surface area contributed by atoms with E-state index in [0.717, 1.165) is 11.1 Å². The zero-order valence-electron chi connectivity index (χ0n) is 20.1. The van der Waals surface area contributed by atoms with Gasteiger partial charge in [0.1, 0.15) is 23.9 Å². The van der Waals surface area contributed by atoms with E-state index in [1.165, 1.54) is 23.0 Å². The highest BCUT2D eigenvalue weighted by Crippen LogP contribution is 2.36. The summed E-state index contributed by atoms with van der Waals surface area (Å²) in [5, 5.41) is 4.31. The molecule has 4 aromatic rings. The number of ketones is 1. The van der Waals surface area contributed by atoms with Gasteiger partial charge in [0.2, 0.25) is 0 Å². The van der Waals surface area contributed by atoms with Crippen LogP contribution < -0.4 is 15.2 Å². The molecule has 2 N–H and O–H groups in total. The van der Waals surface area contributed by atoms with Crippen molar-refractivity contribution in [1.82, 2.24) is 9.78 Å². The number of hydrogen-bond donors (Lipinski definition) is 1. The molecule has 0 spiro atoms. The van der Waals surface area contributed by atoms with Gasteiger partial charge in [0.05, 0.1) is 21.9 Å². The van der Waals surface area contributed by atoms with Crippen molar-refractivity contribution in [2.75, 3.05) is 12.3 Å². The second-order valence-corrected chi connectivity index (χ2v) is 9.55. The van der Waals surface area contributed by atoms with E-state index in [4.69, 9.17) is 15.2 Å². The molecule has 0 saturated heterocycles. The number of halogens is 4. The summed E-state index contributed by atoms with van der Waals surface area (Å²) in [5.41, 5.74) is 9.96. The Morgan fingerprint density at radius 3 is 2.66 bits per heavy atom. The quantitative estimate of drug-likeness (QED) is 0.228. The fraction of sp³-hybridized carbons (Fsp3) is 0.143. The molecule has 38 heavy (non-hydrogen) atoms. The van der Waals surface area contributed by atoms with Crippen LogP contribution in [0, 0.1) is 12.7 Å². The number of carbonyl (C=O) groups is 1. The Hall–Kier alpha value is -4.05. The minimum Gasteiger partial charge on any atom is -0.486 e. The highest BCUT2D eigenvalue weighted by Gasteiger charge is 2.25. The number of aryl methyl sites for hydroxylation is 1. The molecule has 0 amide bonds.